The number of piperidine rings is 1. The molecule has 1 saturated heterocycles. The quantitative estimate of drug-likeness (QED) is 0.504. The number of likely N-dealkylation sites (tertiary alicyclic amines) is 1. The molecule has 6 rings (SSSR count). The van der Waals surface area contributed by atoms with E-state index in [-0.39, 0.29) is 35.8 Å². The number of hydrogen-bond acceptors (Lipinski definition) is 7. The van der Waals surface area contributed by atoms with Crippen molar-refractivity contribution in [2.75, 3.05) is 33.9 Å². The van der Waals surface area contributed by atoms with Crippen molar-refractivity contribution < 1.29 is 29.9 Å². The van der Waals surface area contributed by atoms with Crippen molar-refractivity contribution in [2.24, 2.45) is 34.5 Å². The Hall–Kier alpha value is -0.280. The zero-order valence-corrected chi connectivity index (χ0v) is 18.3. The fourth-order valence-electron chi connectivity index (χ4n) is 10.4. The zero-order chi connectivity index (χ0) is 21.3. The second kappa shape index (κ2) is 5.99. The van der Waals surface area contributed by atoms with Crippen LogP contribution in [0.1, 0.15) is 39.0 Å². The molecule has 5 saturated carbocycles. The highest BCUT2D eigenvalue weighted by atomic mass is 16.5. The third kappa shape index (κ3) is 1.80. The van der Waals surface area contributed by atoms with Crippen LogP contribution in [-0.2, 0) is 9.47 Å². The third-order valence-corrected chi connectivity index (χ3v) is 11.0. The number of aliphatic hydroxyl groups excluding tert-OH is 2. The molecule has 6 fully saturated rings. The van der Waals surface area contributed by atoms with Crippen LogP contribution in [0.15, 0.2) is 0 Å². The molecule has 7 heteroatoms. The van der Waals surface area contributed by atoms with E-state index in [0.29, 0.717) is 25.9 Å². The zero-order valence-electron chi connectivity index (χ0n) is 18.3. The van der Waals surface area contributed by atoms with Crippen molar-refractivity contribution in [3.8, 4) is 0 Å². The summed E-state index contributed by atoms with van der Waals surface area (Å²) in [6.45, 7) is 4.24. The van der Waals surface area contributed by atoms with Crippen molar-refractivity contribution in [3.05, 3.63) is 0 Å². The summed E-state index contributed by atoms with van der Waals surface area (Å²) in [5.74, 6) is -0.815. The molecule has 170 valence electrons. The van der Waals surface area contributed by atoms with Gasteiger partial charge in [-0.05, 0) is 38.1 Å². The van der Waals surface area contributed by atoms with Crippen molar-refractivity contribution in [3.63, 3.8) is 0 Å². The number of hydrogen-bond donors (Lipinski definition) is 4. The molecule has 1 spiro atoms. The largest absolute Gasteiger partial charge is 0.393 e. The maximum Gasteiger partial charge on any atom is 0.0841 e. The molecular weight excluding hydrogens is 386 g/mol. The molecule has 0 aromatic heterocycles. The van der Waals surface area contributed by atoms with E-state index in [4.69, 9.17) is 9.47 Å². The molecular formula is C23H37NO6. The number of fused-ring (bicyclic) bond motifs is 2. The summed E-state index contributed by atoms with van der Waals surface area (Å²) in [5.41, 5.74) is -3.14. The minimum absolute atomic E-state index is 0.00905. The molecule has 6 aliphatic rings. The molecule has 12 atom stereocenters. The number of methoxy groups -OCH3 is 2. The van der Waals surface area contributed by atoms with Crippen LogP contribution in [0.25, 0.3) is 0 Å². The van der Waals surface area contributed by atoms with Crippen molar-refractivity contribution in [2.45, 2.75) is 74.6 Å². The number of rotatable bonds is 4. The minimum Gasteiger partial charge on any atom is -0.393 e. The molecule has 4 N–H and O–H groups in total. The van der Waals surface area contributed by atoms with Gasteiger partial charge in [0.05, 0.1) is 36.1 Å². The Bertz CT molecular complexity index is 751. The molecule has 0 amide bonds. The Morgan fingerprint density at radius 1 is 1.10 bits per heavy atom. The van der Waals surface area contributed by atoms with Gasteiger partial charge >= 0.3 is 0 Å². The van der Waals surface area contributed by atoms with Gasteiger partial charge in [0, 0.05) is 61.8 Å². The molecule has 30 heavy (non-hydrogen) atoms. The van der Waals surface area contributed by atoms with Gasteiger partial charge in [-0.25, -0.2) is 0 Å². The lowest BCUT2D eigenvalue weighted by Crippen LogP contribution is -2.81. The van der Waals surface area contributed by atoms with Crippen molar-refractivity contribution in [1.29, 1.82) is 0 Å². The van der Waals surface area contributed by atoms with Crippen molar-refractivity contribution in [1.82, 2.24) is 4.90 Å². The smallest absolute Gasteiger partial charge is 0.0841 e. The van der Waals surface area contributed by atoms with Crippen molar-refractivity contribution >= 4 is 0 Å². The SMILES string of the molecule is CCN1C[C@]2(COC)CC[C@H](OC)[C@@]34[C@@H]5C[C@H]6[C@H](O)[C@@H]5[C@](O)(C[C@@H]6O)[C@@H](C[C@]23O)[C@@H]14. The standard InChI is InChI=1S/C23H37NO6/c1-4-24-10-20(11-29-2)6-5-16(30-3)23-13-7-12-15(25)9-21(27,17(13)18(12)26)14(19(23)24)8-22(20,23)28/h12-19,25-28H,4-11H2,1-3H3/t12-,13-,14+,15+,16+,17-,18+,19-,20+,21+,22+,23-/m1/s1. The average molecular weight is 424 g/mol. The van der Waals surface area contributed by atoms with Crippen LogP contribution in [0.4, 0.5) is 0 Å². The normalized spacial score (nSPS) is 63.3. The summed E-state index contributed by atoms with van der Waals surface area (Å²) in [6, 6.07) is -0.00905. The van der Waals surface area contributed by atoms with Crippen LogP contribution in [-0.4, -0.2) is 94.8 Å². The van der Waals surface area contributed by atoms with Gasteiger partial charge in [0.15, 0.2) is 0 Å². The predicted molar refractivity (Wildman–Crippen MR) is 108 cm³/mol. The average Bonchev–Trinajstić information content (AvgIpc) is 3.09. The van der Waals surface area contributed by atoms with E-state index in [2.05, 4.69) is 11.8 Å². The monoisotopic (exact) mass is 423 g/mol. The summed E-state index contributed by atoms with van der Waals surface area (Å²) in [4.78, 5) is 2.47. The Morgan fingerprint density at radius 2 is 1.87 bits per heavy atom. The maximum absolute atomic E-state index is 12.8. The maximum atomic E-state index is 12.8. The van der Waals surface area contributed by atoms with E-state index in [9.17, 15) is 20.4 Å². The van der Waals surface area contributed by atoms with Gasteiger partial charge in [-0.1, -0.05) is 6.92 Å². The van der Waals surface area contributed by atoms with Gasteiger partial charge < -0.3 is 29.9 Å². The highest BCUT2D eigenvalue weighted by Gasteiger charge is 2.88. The molecule has 7 nitrogen and oxygen atoms in total. The number of aliphatic hydroxyl groups is 4. The van der Waals surface area contributed by atoms with E-state index < -0.39 is 34.2 Å². The molecule has 1 aliphatic heterocycles. The summed E-state index contributed by atoms with van der Waals surface area (Å²) >= 11 is 0. The first kappa shape index (κ1) is 20.3. The van der Waals surface area contributed by atoms with Crippen LogP contribution in [0.5, 0.6) is 0 Å². The van der Waals surface area contributed by atoms with Gasteiger partial charge in [-0.2, -0.15) is 0 Å². The third-order valence-electron chi connectivity index (χ3n) is 11.0. The van der Waals surface area contributed by atoms with E-state index in [0.717, 1.165) is 25.9 Å². The summed E-state index contributed by atoms with van der Waals surface area (Å²) < 4.78 is 11.9. The van der Waals surface area contributed by atoms with Crippen LogP contribution in [0.2, 0.25) is 0 Å². The first-order chi connectivity index (χ1) is 14.3. The van der Waals surface area contributed by atoms with Crippen LogP contribution in [0.3, 0.4) is 0 Å². The Balaban J connectivity index is 1.64. The number of ether oxygens (including phenoxy) is 2. The van der Waals surface area contributed by atoms with Gasteiger partial charge in [-0.3, -0.25) is 4.90 Å². The Morgan fingerprint density at radius 3 is 2.53 bits per heavy atom. The first-order valence-electron chi connectivity index (χ1n) is 11.8. The van der Waals surface area contributed by atoms with E-state index >= 15 is 0 Å². The molecule has 1 heterocycles. The fraction of sp³-hybridized carbons (Fsp3) is 1.00. The Kier molecular flexibility index (Phi) is 4.06. The molecule has 7 bridgehead atoms. The van der Waals surface area contributed by atoms with E-state index in [1.807, 2.05) is 0 Å². The van der Waals surface area contributed by atoms with E-state index in [1.54, 1.807) is 14.2 Å². The van der Waals surface area contributed by atoms with Crippen LogP contribution < -0.4 is 0 Å². The van der Waals surface area contributed by atoms with Gasteiger partial charge in [-0.15, -0.1) is 0 Å². The Labute approximate surface area is 178 Å². The molecule has 0 unspecified atom stereocenters. The summed E-state index contributed by atoms with van der Waals surface area (Å²) in [6.07, 6.45) is 1.57. The highest BCUT2D eigenvalue weighted by molar-refractivity contribution is 5.38. The first-order valence-corrected chi connectivity index (χ1v) is 11.8. The second-order valence-electron chi connectivity index (χ2n) is 11.4. The minimum atomic E-state index is -1.16. The fourth-order valence-corrected chi connectivity index (χ4v) is 10.4. The lowest BCUT2D eigenvalue weighted by molar-refractivity contribution is -0.324. The molecule has 5 aliphatic carbocycles. The lowest BCUT2D eigenvalue weighted by atomic mass is 9.41. The topological polar surface area (TPSA) is 103 Å². The predicted octanol–water partition coefficient (Wildman–Crippen LogP) is -0.00800. The summed E-state index contributed by atoms with van der Waals surface area (Å²) in [7, 11) is 3.46. The molecule has 0 radical (unpaired) electrons. The highest BCUT2D eigenvalue weighted by Crippen LogP contribution is 2.80. The summed E-state index contributed by atoms with van der Waals surface area (Å²) in [5, 5.41) is 47.0. The van der Waals surface area contributed by atoms with E-state index in [1.165, 1.54) is 0 Å². The lowest BCUT2D eigenvalue weighted by Gasteiger charge is -2.71. The van der Waals surface area contributed by atoms with Crippen LogP contribution >= 0.6 is 0 Å². The van der Waals surface area contributed by atoms with Gasteiger partial charge in [0.25, 0.3) is 0 Å². The molecule has 0 aromatic carbocycles. The second-order valence-corrected chi connectivity index (χ2v) is 11.4. The van der Waals surface area contributed by atoms with Gasteiger partial charge in [0.1, 0.15) is 0 Å². The van der Waals surface area contributed by atoms with Gasteiger partial charge in [0.2, 0.25) is 0 Å². The number of nitrogens with zero attached hydrogens (tertiary/aromatic N) is 1. The van der Waals surface area contributed by atoms with Crippen LogP contribution in [0, 0.1) is 34.5 Å². The molecule has 0 aromatic rings.